The van der Waals surface area contributed by atoms with Crippen molar-refractivity contribution in [2.75, 3.05) is 25.0 Å². The lowest BCUT2D eigenvalue weighted by Gasteiger charge is -2.16. The molecule has 0 spiro atoms. The van der Waals surface area contributed by atoms with E-state index in [1.54, 1.807) is 4.57 Å². The Balaban J connectivity index is 2.35. The minimum absolute atomic E-state index is 0.173. The number of fused-ring (bicyclic) bond motifs is 1. The van der Waals surface area contributed by atoms with Crippen LogP contribution in [0, 0.1) is 10.1 Å². The zero-order valence-electron chi connectivity index (χ0n) is 8.84. The summed E-state index contributed by atoms with van der Waals surface area (Å²) in [5, 5.41) is 16.8. The molecular weight excluding hydrogens is 214 g/mol. The molecule has 0 saturated heterocycles. The Kier molecular flexibility index (Phi) is 3.02. The van der Waals surface area contributed by atoms with E-state index in [2.05, 4.69) is 15.6 Å². The number of hydrogen-bond acceptors (Lipinski definition) is 6. The van der Waals surface area contributed by atoms with Gasteiger partial charge in [-0.15, -0.1) is 0 Å². The van der Waals surface area contributed by atoms with Gasteiger partial charge in [0.25, 0.3) is 0 Å². The predicted octanol–water partition coefficient (Wildman–Crippen LogP) is 0.299. The zero-order chi connectivity index (χ0) is 11.5. The highest BCUT2D eigenvalue weighted by Gasteiger charge is 2.27. The van der Waals surface area contributed by atoms with Gasteiger partial charge >= 0.3 is 5.82 Å². The summed E-state index contributed by atoms with van der Waals surface area (Å²) in [6.45, 7) is 3.65. The van der Waals surface area contributed by atoms with Gasteiger partial charge in [0.05, 0.1) is 0 Å². The summed E-state index contributed by atoms with van der Waals surface area (Å²) in [6.07, 6.45) is 0.996. The minimum atomic E-state index is -0.507. The van der Waals surface area contributed by atoms with Gasteiger partial charge in [-0.1, -0.05) is 0 Å². The van der Waals surface area contributed by atoms with Crippen LogP contribution in [-0.4, -0.2) is 34.2 Å². The molecule has 0 fully saturated rings. The molecule has 16 heavy (non-hydrogen) atoms. The highest BCUT2D eigenvalue weighted by atomic mass is 16.6. The van der Waals surface area contributed by atoms with E-state index in [1.807, 2.05) is 6.92 Å². The van der Waals surface area contributed by atoms with Crippen LogP contribution in [0.3, 0.4) is 0 Å². The predicted molar refractivity (Wildman–Crippen MR) is 56.0 cm³/mol. The first-order chi connectivity index (χ1) is 7.74. The van der Waals surface area contributed by atoms with E-state index in [1.165, 1.54) is 6.33 Å². The lowest BCUT2D eigenvalue weighted by Crippen LogP contribution is -2.28. The van der Waals surface area contributed by atoms with Gasteiger partial charge in [-0.05, 0) is 16.8 Å². The Bertz CT molecular complexity index is 391. The number of nitrogens with zero attached hydrogens (tertiary/aromatic N) is 3. The maximum absolute atomic E-state index is 10.7. The van der Waals surface area contributed by atoms with Crippen LogP contribution in [0.15, 0.2) is 6.33 Å². The molecule has 1 aromatic rings. The van der Waals surface area contributed by atoms with Crippen molar-refractivity contribution in [1.29, 1.82) is 0 Å². The smallest absolute Gasteiger partial charge is 0.363 e. The molecule has 2 rings (SSSR count). The van der Waals surface area contributed by atoms with Crippen LogP contribution in [-0.2, 0) is 4.74 Å². The normalized spacial score (nSPS) is 19.7. The third kappa shape index (κ3) is 1.84. The molecule has 0 amide bonds. The van der Waals surface area contributed by atoms with Gasteiger partial charge in [-0.2, -0.15) is 0 Å². The average Bonchev–Trinajstić information content (AvgIpc) is 2.58. The van der Waals surface area contributed by atoms with Crippen LogP contribution < -0.4 is 10.6 Å². The van der Waals surface area contributed by atoms with Gasteiger partial charge in [0.2, 0.25) is 12.1 Å². The van der Waals surface area contributed by atoms with Crippen molar-refractivity contribution in [3.63, 3.8) is 0 Å². The maximum atomic E-state index is 10.7. The third-order valence-electron chi connectivity index (χ3n) is 2.26. The number of aromatic nitrogens is 2. The fourth-order valence-corrected chi connectivity index (χ4v) is 1.60. The van der Waals surface area contributed by atoms with Crippen LogP contribution in [0.4, 0.5) is 11.6 Å². The highest BCUT2D eigenvalue weighted by Crippen LogP contribution is 2.26. The third-order valence-corrected chi connectivity index (χ3v) is 2.26. The van der Waals surface area contributed by atoms with Crippen molar-refractivity contribution in [2.24, 2.45) is 0 Å². The van der Waals surface area contributed by atoms with Crippen molar-refractivity contribution in [3.8, 4) is 0 Å². The van der Waals surface area contributed by atoms with Gasteiger partial charge in [-0.25, -0.2) is 0 Å². The monoisotopic (exact) mass is 227 g/mol. The van der Waals surface area contributed by atoms with Crippen molar-refractivity contribution >= 4 is 11.6 Å². The standard InChI is InChI=1S/C8H13N5O3/c1-2-16-8-10-4-3-9-6-7(13(14)15)11-5-12(6)8/h5,8-10H,2-4H2,1H3/t8-/m1/s1. The summed E-state index contributed by atoms with van der Waals surface area (Å²) in [6, 6.07) is 0. The van der Waals surface area contributed by atoms with E-state index in [0.717, 1.165) is 0 Å². The summed E-state index contributed by atoms with van der Waals surface area (Å²) < 4.78 is 7.02. The van der Waals surface area contributed by atoms with Crippen molar-refractivity contribution in [3.05, 3.63) is 16.4 Å². The molecule has 1 atom stereocenters. The molecule has 1 aromatic heterocycles. The first-order valence-electron chi connectivity index (χ1n) is 5.04. The molecule has 0 aromatic carbocycles. The Morgan fingerprint density at radius 1 is 1.75 bits per heavy atom. The number of ether oxygens (including phenoxy) is 1. The first-order valence-corrected chi connectivity index (χ1v) is 5.04. The molecule has 0 unspecified atom stereocenters. The molecule has 0 aliphatic carbocycles. The second kappa shape index (κ2) is 4.45. The van der Waals surface area contributed by atoms with Crippen LogP contribution >= 0.6 is 0 Å². The summed E-state index contributed by atoms with van der Waals surface area (Å²) >= 11 is 0. The highest BCUT2D eigenvalue weighted by molar-refractivity contribution is 5.52. The van der Waals surface area contributed by atoms with E-state index in [9.17, 15) is 10.1 Å². The number of nitro groups is 1. The van der Waals surface area contributed by atoms with E-state index >= 15 is 0 Å². The van der Waals surface area contributed by atoms with Crippen LogP contribution in [0.1, 0.15) is 13.3 Å². The lowest BCUT2D eigenvalue weighted by atomic mass is 10.6. The maximum Gasteiger partial charge on any atom is 0.406 e. The number of hydrogen-bond donors (Lipinski definition) is 2. The first kappa shape index (κ1) is 10.8. The summed E-state index contributed by atoms with van der Waals surface area (Å²) in [7, 11) is 0. The second-order valence-corrected chi connectivity index (χ2v) is 3.27. The Morgan fingerprint density at radius 3 is 3.25 bits per heavy atom. The molecule has 0 bridgehead atoms. The molecule has 8 nitrogen and oxygen atoms in total. The number of anilines is 1. The Hall–Kier alpha value is -1.67. The largest absolute Gasteiger partial charge is 0.406 e. The molecule has 1 aliphatic rings. The Labute approximate surface area is 91.8 Å². The molecule has 2 heterocycles. The fraction of sp³-hybridized carbons (Fsp3) is 0.625. The van der Waals surface area contributed by atoms with Gasteiger partial charge < -0.3 is 20.2 Å². The van der Waals surface area contributed by atoms with E-state index in [0.29, 0.717) is 25.5 Å². The fourth-order valence-electron chi connectivity index (χ4n) is 1.60. The molecule has 88 valence electrons. The number of nitrogens with one attached hydrogen (secondary N) is 2. The minimum Gasteiger partial charge on any atom is -0.363 e. The van der Waals surface area contributed by atoms with Gasteiger partial charge in [0, 0.05) is 19.7 Å². The van der Waals surface area contributed by atoms with Gasteiger partial charge in [0.1, 0.15) is 0 Å². The second-order valence-electron chi connectivity index (χ2n) is 3.27. The Morgan fingerprint density at radius 2 is 2.56 bits per heavy atom. The van der Waals surface area contributed by atoms with Gasteiger partial charge in [-0.3, -0.25) is 9.88 Å². The quantitative estimate of drug-likeness (QED) is 0.569. The topological polar surface area (TPSA) is 94.2 Å². The van der Waals surface area contributed by atoms with Crippen LogP contribution in [0.5, 0.6) is 0 Å². The molecule has 8 heteroatoms. The van der Waals surface area contributed by atoms with Gasteiger partial charge in [0.15, 0.2) is 6.35 Å². The van der Waals surface area contributed by atoms with Crippen LogP contribution in [0.2, 0.25) is 0 Å². The van der Waals surface area contributed by atoms with E-state index < -0.39 is 11.3 Å². The lowest BCUT2D eigenvalue weighted by molar-refractivity contribution is -0.388. The van der Waals surface area contributed by atoms with E-state index in [4.69, 9.17) is 4.74 Å². The molecule has 0 saturated carbocycles. The molecular formula is C8H13N5O3. The van der Waals surface area contributed by atoms with Crippen molar-refractivity contribution in [2.45, 2.75) is 13.3 Å². The SMILES string of the molecule is CCO[C@@H]1NCCNc2c([N+](=O)[O-])ncn21. The summed E-state index contributed by atoms with van der Waals surface area (Å²) in [4.78, 5) is 14.0. The zero-order valence-corrected chi connectivity index (χ0v) is 8.84. The molecule has 1 aliphatic heterocycles. The molecule has 2 N–H and O–H groups in total. The number of rotatable bonds is 3. The van der Waals surface area contributed by atoms with E-state index in [-0.39, 0.29) is 5.82 Å². The molecule has 0 radical (unpaired) electrons. The van der Waals surface area contributed by atoms with Crippen LogP contribution in [0.25, 0.3) is 0 Å². The average molecular weight is 227 g/mol. The van der Waals surface area contributed by atoms with Crippen molar-refractivity contribution in [1.82, 2.24) is 14.9 Å². The summed E-state index contributed by atoms with van der Waals surface area (Å²) in [5.41, 5.74) is 0. The number of imidazole rings is 1. The summed E-state index contributed by atoms with van der Waals surface area (Å²) in [5.74, 6) is 0.210. The van der Waals surface area contributed by atoms with Crippen molar-refractivity contribution < 1.29 is 9.66 Å².